The van der Waals surface area contributed by atoms with Gasteiger partial charge in [0.25, 0.3) is 5.91 Å². The molecule has 1 aromatic heterocycles. The molecule has 0 atom stereocenters. The Balaban J connectivity index is 2.59. The number of amides is 1. The first-order chi connectivity index (χ1) is 7.13. The Morgan fingerprint density at radius 3 is 2.93 bits per heavy atom. The van der Waals surface area contributed by atoms with Crippen molar-refractivity contribution in [3.63, 3.8) is 0 Å². The van der Waals surface area contributed by atoms with E-state index in [9.17, 15) is 9.59 Å². The highest BCUT2D eigenvalue weighted by Crippen LogP contribution is 1.95. The molecule has 0 aliphatic heterocycles. The summed E-state index contributed by atoms with van der Waals surface area (Å²) in [4.78, 5) is 21.7. The van der Waals surface area contributed by atoms with Crippen molar-refractivity contribution in [1.82, 2.24) is 15.1 Å². The van der Waals surface area contributed by atoms with Crippen molar-refractivity contribution in [1.29, 1.82) is 0 Å². The van der Waals surface area contributed by atoms with Crippen LogP contribution in [0.2, 0.25) is 0 Å². The van der Waals surface area contributed by atoms with Crippen molar-refractivity contribution in [3.05, 3.63) is 18.0 Å². The SMILES string of the molecule is CCCNC(=O)c1ccn(CC(=O)O)n1. The molecule has 0 aliphatic rings. The summed E-state index contributed by atoms with van der Waals surface area (Å²) in [6.07, 6.45) is 2.32. The van der Waals surface area contributed by atoms with Crippen molar-refractivity contribution in [2.24, 2.45) is 0 Å². The third-order valence-electron chi connectivity index (χ3n) is 1.71. The monoisotopic (exact) mass is 211 g/mol. The zero-order valence-electron chi connectivity index (χ0n) is 8.43. The fraction of sp³-hybridized carbons (Fsp3) is 0.444. The molecule has 0 aliphatic carbocycles. The van der Waals surface area contributed by atoms with Crippen molar-refractivity contribution >= 4 is 11.9 Å². The van der Waals surface area contributed by atoms with Crippen LogP contribution in [0.5, 0.6) is 0 Å². The predicted octanol–water partition coefficient (Wildman–Crippen LogP) is 0.108. The van der Waals surface area contributed by atoms with Crippen molar-refractivity contribution < 1.29 is 14.7 Å². The summed E-state index contributed by atoms with van der Waals surface area (Å²) in [5, 5.41) is 15.0. The Kier molecular flexibility index (Phi) is 3.84. The van der Waals surface area contributed by atoms with Crippen LogP contribution in [0.3, 0.4) is 0 Å². The molecule has 0 fully saturated rings. The molecule has 0 unspecified atom stereocenters. The topological polar surface area (TPSA) is 84.2 Å². The number of hydrogen-bond acceptors (Lipinski definition) is 3. The summed E-state index contributed by atoms with van der Waals surface area (Å²) in [5.74, 6) is -1.26. The molecule has 82 valence electrons. The van der Waals surface area contributed by atoms with E-state index in [1.165, 1.54) is 16.9 Å². The van der Waals surface area contributed by atoms with Crippen LogP contribution in [-0.4, -0.2) is 33.3 Å². The fourth-order valence-electron chi connectivity index (χ4n) is 1.04. The molecular formula is C9H13N3O3. The maximum atomic E-state index is 11.4. The first-order valence-corrected chi connectivity index (χ1v) is 4.67. The normalized spacial score (nSPS) is 9.93. The second-order valence-electron chi connectivity index (χ2n) is 3.05. The van der Waals surface area contributed by atoms with E-state index in [2.05, 4.69) is 10.4 Å². The molecular weight excluding hydrogens is 198 g/mol. The number of carboxylic acids is 1. The third kappa shape index (κ3) is 3.41. The molecule has 0 radical (unpaired) electrons. The number of carboxylic acid groups (broad SMARTS) is 1. The van der Waals surface area contributed by atoms with Gasteiger partial charge in [0.1, 0.15) is 12.2 Å². The van der Waals surface area contributed by atoms with Crippen LogP contribution in [0.1, 0.15) is 23.8 Å². The molecule has 0 bridgehead atoms. The number of nitrogens with one attached hydrogen (secondary N) is 1. The van der Waals surface area contributed by atoms with Crippen LogP contribution in [0.4, 0.5) is 0 Å². The number of carbonyl (C=O) groups is 2. The van der Waals surface area contributed by atoms with Gasteiger partial charge in [-0.05, 0) is 12.5 Å². The van der Waals surface area contributed by atoms with Crippen molar-refractivity contribution in [3.8, 4) is 0 Å². The zero-order chi connectivity index (χ0) is 11.3. The summed E-state index contributed by atoms with van der Waals surface area (Å²) in [5.41, 5.74) is 0.240. The Morgan fingerprint density at radius 2 is 2.33 bits per heavy atom. The number of carbonyl (C=O) groups excluding carboxylic acids is 1. The lowest BCUT2D eigenvalue weighted by molar-refractivity contribution is -0.137. The van der Waals surface area contributed by atoms with E-state index in [0.717, 1.165) is 6.42 Å². The van der Waals surface area contributed by atoms with Crippen LogP contribution >= 0.6 is 0 Å². The van der Waals surface area contributed by atoms with Gasteiger partial charge in [0, 0.05) is 12.7 Å². The lowest BCUT2D eigenvalue weighted by atomic mass is 10.4. The van der Waals surface area contributed by atoms with E-state index >= 15 is 0 Å². The summed E-state index contributed by atoms with van der Waals surface area (Å²) in [6.45, 7) is 2.30. The van der Waals surface area contributed by atoms with Gasteiger partial charge in [-0.2, -0.15) is 5.10 Å². The average Bonchev–Trinajstić information content (AvgIpc) is 2.61. The second kappa shape index (κ2) is 5.14. The Hall–Kier alpha value is -1.85. The zero-order valence-corrected chi connectivity index (χ0v) is 8.43. The van der Waals surface area contributed by atoms with Gasteiger partial charge >= 0.3 is 5.97 Å². The van der Waals surface area contributed by atoms with Gasteiger partial charge in [-0.1, -0.05) is 6.92 Å². The maximum Gasteiger partial charge on any atom is 0.325 e. The highest BCUT2D eigenvalue weighted by Gasteiger charge is 2.09. The third-order valence-corrected chi connectivity index (χ3v) is 1.71. The molecule has 1 aromatic rings. The number of nitrogens with zero attached hydrogens (tertiary/aromatic N) is 2. The summed E-state index contributed by atoms with van der Waals surface area (Å²) >= 11 is 0. The molecule has 0 saturated carbocycles. The molecule has 6 heteroatoms. The number of rotatable bonds is 5. The van der Waals surface area contributed by atoms with Gasteiger partial charge in [-0.3, -0.25) is 14.3 Å². The minimum absolute atomic E-state index is 0.235. The second-order valence-corrected chi connectivity index (χ2v) is 3.05. The van der Waals surface area contributed by atoms with Gasteiger partial charge in [0.05, 0.1) is 0 Å². The van der Waals surface area contributed by atoms with Crippen molar-refractivity contribution in [2.45, 2.75) is 19.9 Å². The van der Waals surface area contributed by atoms with Crippen LogP contribution in [0.15, 0.2) is 12.3 Å². The van der Waals surface area contributed by atoms with E-state index in [1.54, 1.807) is 0 Å². The first-order valence-electron chi connectivity index (χ1n) is 4.67. The predicted molar refractivity (Wildman–Crippen MR) is 52.5 cm³/mol. The Bertz CT molecular complexity index is 359. The quantitative estimate of drug-likeness (QED) is 0.723. The van der Waals surface area contributed by atoms with Gasteiger partial charge < -0.3 is 10.4 Å². The highest BCUT2D eigenvalue weighted by molar-refractivity contribution is 5.92. The number of aromatic nitrogens is 2. The lowest BCUT2D eigenvalue weighted by Crippen LogP contribution is -2.24. The molecule has 1 amide bonds. The van der Waals surface area contributed by atoms with Crippen molar-refractivity contribution in [2.75, 3.05) is 6.54 Å². The summed E-state index contributed by atoms with van der Waals surface area (Å²) in [7, 11) is 0. The first kappa shape index (κ1) is 11.2. The lowest BCUT2D eigenvalue weighted by Gasteiger charge is -1.99. The minimum Gasteiger partial charge on any atom is -0.480 e. The van der Waals surface area contributed by atoms with Crippen LogP contribution in [0.25, 0.3) is 0 Å². The molecule has 2 N–H and O–H groups in total. The Labute approximate surface area is 86.9 Å². The largest absolute Gasteiger partial charge is 0.480 e. The smallest absolute Gasteiger partial charge is 0.325 e. The van der Waals surface area contributed by atoms with E-state index in [0.29, 0.717) is 6.54 Å². The highest BCUT2D eigenvalue weighted by atomic mass is 16.4. The van der Waals surface area contributed by atoms with E-state index in [4.69, 9.17) is 5.11 Å². The maximum absolute atomic E-state index is 11.4. The molecule has 6 nitrogen and oxygen atoms in total. The van der Waals surface area contributed by atoms with Gasteiger partial charge in [0.15, 0.2) is 0 Å². The molecule has 1 rings (SSSR count). The molecule has 1 heterocycles. The Morgan fingerprint density at radius 1 is 1.60 bits per heavy atom. The molecule has 0 saturated heterocycles. The minimum atomic E-state index is -0.987. The summed E-state index contributed by atoms with van der Waals surface area (Å²) in [6, 6.07) is 1.49. The average molecular weight is 211 g/mol. The van der Waals surface area contributed by atoms with Crippen LogP contribution in [-0.2, 0) is 11.3 Å². The van der Waals surface area contributed by atoms with Crippen LogP contribution in [0, 0.1) is 0 Å². The number of aliphatic carboxylic acids is 1. The van der Waals surface area contributed by atoms with Crippen LogP contribution < -0.4 is 5.32 Å². The van der Waals surface area contributed by atoms with Gasteiger partial charge in [0.2, 0.25) is 0 Å². The molecule has 0 spiro atoms. The fourth-order valence-corrected chi connectivity index (χ4v) is 1.04. The van der Waals surface area contributed by atoms with Gasteiger partial charge in [-0.15, -0.1) is 0 Å². The molecule has 15 heavy (non-hydrogen) atoms. The van der Waals surface area contributed by atoms with E-state index in [-0.39, 0.29) is 18.1 Å². The number of hydrogen-bond donors (Lipinski definition) is 2. The standard InChI is InChI=1S/C9H13N3O3/c1-2-4-10-9(15)7-3-5-12(11-7)6-8(13)14/h3,5H,2,4,6H2,1H3,(H,10,15)(H,13,14). The van der Waals surface area contributed by atoms with E-state index < -0.39 is 5.97 Å². The summed E-state index contributed by atoms with van der Waals surface area (Å²) < 4.78 is 1.21. The molecule has 0 aromatic carbocycles. The van der Waals surface area contributed by atoms with Gasteiger partial charge in [-0.25, -0.2) is 0 Å². The van der Waals surface area contributed by atoms with E-state index in [1.807, 2.05) is 6.92 Å².